The zero-order chi connectivity index (χ0) is 28.0. The van der Waals surface area contributed by atoms with Crippen LogP contribution in [0.4, 0.5) is 0 Å². The Labute approximate surface area is 239 Å². The van der Waals surface area contributed by atoms with Crippen LogP contribution in [0.15, 0.2) is 126 Å². The minimum Gasteiger partial charge on any atom is -0.436 e. The Morgan fingerprint density at radius 3 is 1.39 bits per heavy atom. The van der Waals surface area contributed by atoms with Crippen LogP contribution in [-0.4, -0.2) is 15.0 Å². The number of hydrogen-bond acceptors (Lipinski definition) is 4. The van der Waals surface area contributed by atoms with E-state index < -0.39 is 0 Å². The maximum absolute atomic E-state index is 5.94. The van der Waals surface area contributed by atoms with Crippen LogP contribution in [-0.2, 0) is 5.41 Å². The monoisotopic (exact) mass is 531 g/mol. The summed E-state index contributed by atoms with van der Waals surface area (Å²) < 4.78 is 5.94. The van der Waals surface area contributed by atoms with Crippen molar-refractivity contribution in [3.05, 3.63) is 127 Å². The Morgan fingerprint density at radius 1 is 0.439 bits per heavy atom. The SMILES string of the molecule is CC(C)(C)c1ccc(-c2nc3ccccc3nc2-c2ccc(-c3ccc(-c4nc5ccccc5o4)cc3)cc2)cc1. The van der Waals surface area contributed by atoms with Crippen molar-refractivity contribution in [3.63, 3.8) is 0 Å². The molecule has 198 valence electrons. The average Bonchev–Trinajstić information content (AvgIpc) is 3.45. The lowest BCUT2D eigenvalue weighted by Crippen LogP contribution is -2.10. The van der Waals surface area contributed by atoms with Gasteiger partial charge in [-0.05, 0) is 58.5 Å². The van der Waals surface area contributed by atoms with Crippen molar-refractivity contribution >= 4 is 22.1 Å². The van der Waals surface area contributed by atoms with Crippen LogP contribution in [0.25, 0.3) is 67.2 Å². The molecular weight excluding hydrogens is 502 g/mol. The first-order valence-corrected chi connectivity index (χ1v) is 13.9. The molecule has 0 fully saturated rings. The van der Waals surface area contributed by atoms with Crippen molar-refractivity contribution in [2.45, 2.75) is 26.2 Å². The molecule has 4 nitrogen and oxygen atoms in total. The third-order valence-corrected chi connectivity index (χ3v) is 7.51. The lowest BCUT2D eigenvalue weighted by atomic mass is 9.86. The number of hydrogen-bond donors (Lipinski definition) is 0. The number of rotatable bonds is 4. The van der Waals surface area contributed by atoms with E-state index in [4.69, 9.17) is 14.4 Å². The summed E-state index contributed by atoms with van der Waals surface area (Å²) in [5.41, 5.74) is 11.9. The first kappa shape index (κ1) is 24.9. The molecule has 0 aliphatic carbocycles. The predicted molar refractivity (Wildman–Crippen MR) is 168 cm³/mol. The first-order valence-electron chi connectivity index (χ1n) is 13.9. The summed E-state index contributed by atoms with van der Waals surface area (Å²) >= 11 is 0. The fraction of sp³-hybridized carbons (Fsp3) is 0.108. The summed E-state index contributed by atoms with van der Waals surface area (Å²) in [5.74, 6) is 0.631. The Balaban J connectivity index is 1.23. The highest BCUT2D eigenvalue weighted by Crippen LogP contribution is 2.34. The zero-order valence-corrected chi connectivity index (χ0v) is 23.3. The smallest absolute Gasteiger partial charge is 0.227 e. The maximum atomic E-state index is 5.94. The second kappa shape index (κ2) is 9.83. The molecule has 0 spiro atoms. The Bertz CT molecular complexity index is 1960. The Morgan fingerprint density at radius 2 is 0.878 bits per heavy atom. The molecule has 0 aliphatic rings. The van der Waals surface area contributed by atoms with Crippen LogP contribution < -0.4 is 0 Å². The maximum Gasteiger partial charge on any atom is 0.227 e. The van der Waals surface area contributed by atoms with Crippen molar-refractivity contribution < 1.29 is 4.42 Å². The van der Waals surface area contributed by atoms with Gasteiger partial charge in [0.25, 0.3) is 0 Å². The number of fused-ring (bicyclic) bond motifs is 2. The molecule has 0 amide bonds. The minimum absolute atomic E-state index is 0.0903. The molecular formula is C37H29N3O. The van der Waals surface area contributed by atoms with Gasteiger partial charge in [-0.15, -0.1) is 0 Å². The number of nitrogens with zero attached hydrogens (tertiary/aromatic N) is 3. The third-order valence-electron chi connectivity index (χ3n) is 7.51. The summed E-state index contributed by atoms with van der Waals surface area (Å²) in [7, 11) is 0. The van der Waals surface area contributed by atoms with Gasteiger partial charge in [0.05, 0.1) is 22.4 Å². The zero-order valence-electron chi connectivity index (χ0n) is 23.3. The molecule has 0 saturated carbocycles. The van der Waals surface area contributed by atoms with Crippen LogP contribution in [0.5, 0.6) is 0 Å². The van der Waals surface area contributed by atoms with Crippen LogP contribution in [0, 0.1) is 0 Å². The van der Waals surface area contributed by atoms with Gasteiger partial charge in [0.2, 0.25) is 5.89 Å². The van der Waals surface area contributed by atoms with Gasteiger partial charge in [0, 0.05) is 16.7 Å². The summed E-state index contributed by atoms with van der Waals surface area (Å²) in [6.45, 7) is 6.69. The molecule has 0 aliphatic heterocycles. The summed E-state index contributed by atoms with van der Waals surface area (Å²) in [5, 5.41) is 0. The predicted octanol–water partition coefficient (Wildman–Crippen LogP) is 9.74. The molecule has 0 N–H and O–H groups in total. The van der Waals surface area contributed by atoms with E-state index in [2.05, 4.69) is 98.6 Å². The fourth-order valence-corrected chi connectivity index (χ4v) is 5.15. The summed E-state index contributed by atoms with van der Waals surface area (Å²) in [6, 6.07) is 41.5. The van der Waals surface area contributed by atoms with E-state index in [1.54, 1.807) is 0 Å². The fourth-order valence-electron chi connectivity index (χ4n) is 5.15. The van der Waals surface area contributed by atoms with Gasteiger partial charge in [-0.1, -0.05) is 106 Å². The molecule has 7 rings (SSSR count). The van der Waals surface area contributed by atoms with Crippen molar-refractivity contribution in [3.8, 4) is 45.1 Å². The van der Waals surface area contributed by atoms with Crippen LogP contribution in [0.1, 0.15) is 26.3 Å². The highest BCUT2D eigenvalue weighted by Gasteiger charge is 2.17. The number of aromatic nitrogens is 3. The van der Waals surface area contributed by atoms with E-state index in [0.29, 0.717) is 5.89 Å². The average molecular weight is 532 g/mol. The minimum atomic E-state index is 0.0903. The van der Waals surface area contributed by atoms with Crippen molar-refractivity contribution in [2.24, 2.45) is 0 Å². The van der Waals surface area contributed by atoms with E-state index in [-0.39, 0.29) is 5.41 Å². The van der Waals surface area contributed by atoms with Gasteiger partial charge in [-0.2, -0.15) is 0 Å². The highest BCUT2D eigenvalue weighted by molar-refractivity contribution is 5.87. The molecule has 7 aromatic rings. The second-order valence-electron chi connectivity index (χ2n) is 11.4. The van der Waals surface area contributed by atoms with Crippen molar-refractivity contribution in [1.82, 2.24) is 15.0 Å². The van der Waals surface area contributed by atoms with Gasteiger partial charge < -0.3 is 4.42 Å². The van der Waals surface area contributed by atoms with Crippen LogP contribution >= 0.6 is 0 Å². The summed E-state index contributed by atoms with van der Waals surface area (Å²) in [4.78, 5) is 14.8. The van der Waals surface area contributed by atoms with Gasteiger partial charge >= 0.3 is 0 Å². The van der Waals surface area contributed by atoms with Gasteiger partial charge in [-0.3, -0.25) is 0 Å². The van der Waals surface area contributed by atoms with Gasteiger partial charge in [0.1, 0.15) is 5.52 Å². The number of oxazole rings is 1. The van der Waals surface area contributed by atoms with E-state index >= 15 is 0 Å². The van der Waals surface area contributed by atoms with Crippen molar-refractivity contribution in [1.29, 1.82) is 0 Å². The molecule has 0 bridgehead atoms. The molecule has 0 saturated heterocycles. The largest absolute Gasteiger partial charge is 0.436 e. The number of benzene rings is 5. The first-order chi connectivity index (χ1) is 19.9. The van der Waals surface area contributed by atoms with Crippen LogP contribution in [0.3, 0.4) is 0 Å². The van der Waals surface area contributed by atoms with Gasteiger partial charge in [-0.25, -0.2) is 15.0 Å². The van der Waals surface area contributed by atoms with Crippen molar-refractivity contribution in [2.75, 3.05) is 0 Å². The standard InChI is InChI=1S/C37H29N3O/c1-37(2,3)29-22-20-27(21-23-29)35-34(38-30-8-4-5-9-31(30)39-35)26-16-12-24(13-17-26)25-14-18-28(19-15-25)36-40-32-10-6-7-11-33(32)41-36/h4-23H,1-3H3. The van der Waals surface area contributed by atoms with E-state index in [1.807, 2.05) is 48.5 Å². The third kappa shape index (κ3) is 4.78. The molecule has 5 aromatic carbocycles. The normalized spacial score (nSPS) is 11.8. The van der Waals surface area contributed by atoms with Gasteiger partial charge in [0.15, 0.2) is 5.58 Å². The molecule has 0 atom stereocenters. The number of para-hydroxylation sites is 4. The molecule has 2 heterocycles. The molecule has 0 radical (unpaired) electrons. The quantitative estimate of drug-likeness (QED) is 0.227. The summed E-state index contributed by atoms with van der Waals surface area (Å²) in [6.07, 6.45) is 0. The molecule has 41 heavy (non-hydrogen) atoms. The Kier molecular flexibility index (Phi) is 5.97. The molecule has 2 aromatic heterocycles. The van der Waals surface area contributed by atoms with E-state index in [0.717, 1.165) is 61.3 Å². The topological polar surface area (TPSA) is 51.8 Å². The Hall–Kier alpha value is -5.09. The lowest BCUT2D eigenvalue weighted by Gasteiger charge is -2.19. The second-order valence-corrected chi connectivity index (χ2v) is 11.4. The van der Waals surface area contributed by atoms with E-state index in [1.165, 1.54) is 5.56 Å². The highest BCUT2D eigenvalue weighted by atomic mass is 16.3. The molecule has 0 unspecified atom stereocenters. The molecule has 4 heteroatoms. The van der Waals surface area contributed by atoms with Crippen LogP contribution in [0.2, 0.25) is 0 Å². The van der Waals surface area contributed by atoms with E-state index in [9.17, 15) is 0 Å². The lowest BCUT2D eigenvalue weighted by molar-refractivity contribution is 0.590.